The Balaban J connectivity index is 1.77. The number of carbonyl (C=O) groups is 3. The van der Waals surface area contributed by atoms with E-state index in [0.29, 0.717) is 19.4 Å². The summed E-state index contributed by atoms with van der Waals surface area (Å²) in [7, 11) is 0. The van der Waals surface area contributed by atoms with Gasteiger partial charge in [-0.3, -0.25) is 9.59 Å². The quantitative estimate of drug-likeness (QED) is 0.141. The van der Waals surface area contributed by atoms with Crippen LogP contribution in [0, 0.1) is 0 Å². The summed E-state index contributed by atoms with van der Waals surface area (Å²) >= 11 is 0. The third-order valence-electron chi connectivity index (χ3n) is 6.06. The molecule has 0 unspecified atom stereocenters. The van der Waals surface area contributed by atoms with Crippen LogP contribution in [0.2, 0.25) is 0 Å². The molecule has 3 aliphatic rings. The zero-order valence-corrected chi connectivity index (χ0v) is 19.0. The van der Waals surface area contributed by atoms with Crippen LogP contribution in [0.25, 0.3) is 0 Å². The molecule has 16 nitrogen and oxygen atoms in total. The van der Waals surface area contributed by atoms with E-state index in [-0.39, 0.29) is 24.8 Å². The molecule has 0 radical (unpaired) electrons. The largest absolute Gasteiger partial charge is 0.441 e. The fraction of sp³-hybridized carbons (Fsp3) is 0.789. The molecule has 9 atom stereocenters. The Kier molecular flexibility index (Phi) is 9.03. The highest BCUT2D eigenvalue weighted by atomic mass is 16.6. The molecule has 0 aromatic rings. The SMILES string of the molecule is NCCC[C@H](N)CC(=O)N[C@@H]1[C@@H](O)[C@H](OC(N)=O)[C@@H](CO)O[C@H]1NC1=N[C@H]2C(=O)NC[C@@H](O)[C@H]2N1. The molecule has 0 aromatic carbocycles. The number of fused-ring (bicyclic) bond motifs is 1. The molecule has 0 spiro atoms. The lowest BCUT2D eigenvalue weighted by Crippen LogP contribution is -2.70. The van der Waals surface area contributed by atoms with Gasteiger partial charge < -0.3 is 63.3 Å². The van der Waals surface area contributed by atoms with Crippen LogP contribution < -0.4 is 38.5 Å². The predicted octanol–water partition coefficient (Wildman–Crippen LogP) is -5.75. The first-order chi connectivity index (χ1) is 16.6. The number of aliphatic hydroxyl groups is 3. The molecule has 3 amide bonds. The second-order valence-electron chi connectivity index (χ2n) is 8.71. The van der Waals surface area contributed by atoms with Gasteiger partial charge in [-0.05, 0) is 19.4 Å². The van der Waals surface area contributed by atoms with Gasteiger partial charge in [0.1, 0.15) is 18.2 Å². The Morgan fingerprint density at radius 3 is 2.71 bits per heavy atom. The van der Waals surface area contributed by atoms with Crippen molar-refractivity contribution in [1.29, 1.82) is 0 Å². The van der Waals surface area contributed by atoms with Crippen molar-refractivity contribution >= 4 is 23.9 Å². The first-order valence-corrected chi connectivity index (χ1v) is 11.4. The Labute approximate surface area is 200 Å². The lowest BCUT2D eigenvalue weighted by molar-refractivity contribution is -0.198. The molecule has 198 valence electrons. The molecule has 3 heterocycles. The number of guanidine groups is 1. The first-order valence-electron chi connectivity index (χ1n) is 11.4. The molecular formula is C19H34N8O8. The van der Waals surface area contributed by atoms with Crippen LogP contribution in [0.3, 0.4) is 0 Å². The summed E-state index contributed by atoms with van der Waals surface area (Å²) in [6.07, 6.45) is -6.36. The molecule has 16 heteroatoms. The normalized spacial score (nSPS) is 35.1. The third kappa shape index (κ3) is 6.47. The number of nitrogens with zero attached hydrogens (tertiary/aromatic N) is 1. The van der Waals surface area contributed by atoms with Gasteiger partial charge in [-0.1, -0.05) is 0 Å². The van der Waals surface area contributed by atoms with Gasteiger partial charge in [0, 0.05) is 19.0 Å². The van der Waals surface area contributed by atoms with Gasteiger partial charge in [0.25, 0.3) is 0 Å². The molecule has 2 saturated heterocycles. The summed E-state index contributed by atoms with van der Waals surface area (Å²) in [5.41, 5.74) is 16.5. The number of aliphatic hydroxyl groups excluding tert-OH is 3. The van der Waals surface area contributed by atoms with E-state index in [1.165, 1.54) is 0 Å². The summed E-state index contributed by atoms with van der Waals surface area (Å²) in [5.74, 6) is -0.828. The summed E-state index contributed by atoms with van der Waals surface area (Å²) < 4.78 is 10.7. The highest BCUT2D eigenvalue weighted by molar-refractivity contribution is 5.92. The summed E-state index contributed by atoms with van der Waals surface area (Å²) in [4.78, 5) is 40.3. The number of rotatable bonds is 9. The molecule has 0 aromatic heterocycles. The van der Waals surface area contributed by atoms with Crippen molar-refractivity contribution in [2.24, 2.45) is 22.2 Å². The van der Waals surface area contributed by atoms with E-state index in [4.69, 9.17) is 26.7 Å². The van der Waals surface area contributed by atoms with Crippen molar-refractivity contribution < 1.29 is 39.2 Å². The van der Waals surface area contributed by atoms with E-state index < -0.39 is 73.4 Å². The van der Waals surface area contributed by atoms with Gasteiger partial charge >= 0.3 is 6.09 Å². The highest BCUT2D eigenvalue weighted by Gasteiger charge is 2.49. The second kappa shape index (κ2) is 11.8. The lowest BCUT2D eigenvalue weighted by atomic mass is 9.95. The standard InChI is InChI=1S/C19H34N8O8/c20-3-1-2-7(21)4-10(30)24-13-14(31)15(35-18(22)33)9(6-28)34-17(13)27-19-25-11-8(29)5-23-16(32)12(11)26-19/h7-9,11-15,17,28-29,31H,1-6,20-21H2,(H2,22,33)(H,23,32)(H,24,30)(H2,25,26,27)/t7-,8+,9+,11+,12+,13+,14+,15+,17+/m0/s1. The molecule has 0 bridgehead atoms. The van der Waals surface area contributed by atoms with Crippen LogP contribution in [0.1, 0.15) is 19.3 Å². The minimum absolute atomic E-state index is 0.0518. The van der Waals surface area contributed by atoms with E-state index in [1.807, 2.05) is 0 Å². The smallest absolute Gasteiger partial charge is 0.404 e. The predicted molar refractivity (Wildman–Crippen MR) is 119 cm³/mol. The minimum atomic E-state index is -1.55. The van der Waals surface area contributed by atoms with Crippen molar-refractivity contribution in [3.8, 4) is 0 Å². The van der Waals surface area contributed by atoms with Crippen LogP contribution >= 0.6 is 0 Å². The maximum Gasteiger partial charge on any atom is 0.404 e. The molecule has 2 fully saturated rings. The Hall–Kier alpha value is -2.76. The number of aliphatic imine (C=N–C) groups is 1. The minimum Gasteiger partial charge on any atom is -0.441 e. The fourth-order valence-corrected chi connectivity index (χ4v) is 4.30. The third-order valence-corrected chi connectivity index (χ3v) is 6.06. The number of ether oxygens (including phenoxy) is 2. The topological polar surface area (TPSA) is 269 Å². The number of nitrogens with two attached hydrogens (primary N) is 3. The van der Waals surface area contributed by atoms with E-state index in [9.17, 15) is 29.7 Å². The van der Waals surface area contributed by atoms with Crippen LogP contribution in [0.15, 0.2) is 4.99 Å². The van der Waals surface area contributed by atoms with Crippen molar-refractivity contribution in [1.82, 2.24) is 21.3 Å². The van der Waals surface area contributed by atoms with Gasteiger partial charge in [-0.15, -0.1) is 0 Å². The molecule has 3 rings (SSSR count). The monoisotopic (exact) mass is 502 g/mol. The number of amides is 3. The molecule has 0 saturated carbocycles. The molecule has 0 aliphatic carbocycles. The van der Waals surface area contributed by atoms with Gasteiger partial charge in [0.2, 0.25) is 11.8 Å². The van der Waals surface area contributed by atoms with E-state index in [2.05, 4.69) is 26.3 Å². The van der Waals surface area contributed by atoms with Crippen LogP contribution in [-0.4, -0.2) is 114 Å². The summed E-state index contributed by atoms with van der Waals surface area (Å²) in [6, 6.07) is -3.27. The average molecular weight is 503 g/mol. The van der Waals surface area contributed by atoms with Crippen molar-refractivity contribution in [2.45, 2.75) is 74.1 Å². The lowest BCUT2D eigenvalue weighted by Gasteiger charge is -2.44. The zero-order chi connectivity index (χ0) is 25.7. The average Bonchev–Trinajstić information content (AvgIpc) is 3.24. The van der Waals surface area contributed by atoms with Gasteiger partial charge in [-0.25, -0.2) is 9.79 Å². The number of piperidine rings is 1. The molecule has 13 N–H and O–H groups in total. The second-order valence-corrected chi connectivity index (χ2v) is 8.71. The number of nitrogens with one attached hydrogen (secondary N) is 4. The summed E-state index contributed by atoms with van der Waals surface area (Å²) in [5, 5.41) is 41.7. The Bertz CT molecular complexity index is 816. The molecular weight excluding hydrogens is 468 g/mol. The van der Waals surface area contributed by atoms with Crippen LogP contribution in [-0.2, 0) is 19.1 Å². The van der Waals surface area contributed by atoms with E-state index in [0.717, 1.165) is 0 Å². The van der Waals surface area contributed by atoms with Gasteiger partial charge in [0.15, 0.2) is 24.3 Å². The Morgan fingerprint density at radius 2 is 2.09 bits per heavy atom. The zero-order valence-electron chi connectivity index (χ0n) is 19.0. The number of hydrogen-bond donors (Lipinski definition) is 10. The van der Waals surface area contributed by atoms with Crippen molar-refractivity contribution in [2.75, 3.05) is 19.7 Å². The first kappa shape index (κ1) is 26.8. The molecule has 35 heavy (non-hydrogen) atoms. The highest BCUT2D eigenvalue weighted by Crippen LogP contribution is 2.24. The number of carbonyl (C=O) groups excluding carboxylic acids is 3. The van der Waals surface area contributed by atoms with Crippen molar-refractivity contribution in [3.63, 3.8) is 0 Å². The Morgan fingerprint density at radius 1 is 1.34 bits per heavy atom. The molecule has 3 aliphatic heterocycles. The van der Waals surface area contributed by atoms with Gasteiger partial charge in [-0.2, -0.15) is 0 Å². The summed E-state index contributed by atoms with van der Waals surface area (Å²) in [6.45, 7) is -0.171. The number of primary amides is 1. The van der Waals surface area contributed by atoms with Crippen molar-refractivity contribution in [3.05, 3.63) is 0 Å². The number of hydrogen-bond acceptors (Lipinski definition) is 13. The van der Waals surface area contributed by atoms with Gasteiger partial charge in [0.05, 0.1) is 18.8 Å². The van der Waals surface area contributed by atoms with E-state index in [1.54, 1.807) is 0 Å². The maximum atomic E-state index is 12.7. The fourth-order valence-electron chi connectivity index (χ4n) is 4.30. The number of β-amino-alcohol motifs (C(OH)–C–C–N with tert-alkyl or cyclic N) is 1. The van der Waals surface area contributed by atoms with Crippen LogP contribution in [0.4, 0.5) is 4.79 Å². The maximum absolute atomic E-state index is 12.7. The van der Waals surface area contributed by atoms with Crippen LogP contribution in [0.5, 0.6) is 0 Å². The van der Waals surface area contributed by atoms with E-state index >= 15 is 0 Å².